The van der Waals surface area contributed by atoms with Crippen LogP contribution in [0.15, 0.2) is 12.2 Å². The fourth-order valence-electron chi connectivity index (χ4n) is 1.16. The monoisotopic (exact) mass is 214 g/mol. The standard InChI is InChI=1S/C12H22O3/c1-10(11(2)13)8-6-4-3-5-7-9-12(14)15/h4,6,10-11,13H,3,5,7-9H2,1-2H3,(H,14,15)/b6-4+/t10-,11+/m1/s1. The van der Waals surface area contributed by atoms with Crippen molar-refractivity contribution in [2.75, 3.05) is 0 Å². The predicted molar refractivity (Wildman–Crippen MR) is 60.7 cm³/mol. The first-order valence-electron chi connectivity index (χ1n) is 5.59. The van der Waals surface area contributed by atoms with E-state index in [1.807, 2.05) is 6.92 Å². The van der Waals surface area contributed by atoms with Crippen LogP contribution >= 0.6 is 0 Å². The molecule has 0 aliphatic rings. The van der Waals surface area contributed by atoms with Gasteiger partial charge in [-0.3, -0.25) is 4.79 Å². The summed E-state index contributed by atoms with van der Waals surface area (Å²) in [5, 5.41) is 17.6. The number of allylic oxidation sites excluding steroid dienone is 2. The van der Waals surface area contributed by atoms with Crippen LogP contribution in [0.2, 0.25) is 0 Å². The lowest BCUT2D eigenvalue weighted by atomic mass is 10.0. The number of hydrogen-bond acceptors (Lipinski definition) is 2. The Hall–Kier alpha value is -0.830. The first kappa shape index (κ1) is 14.2. The average molecular weight is 214 g/mol. The summed E-state index contributed by atoms with van der Waals surface area (Å²) < 4.78 is 0. The first-order valence-corrected chi connectivity index (χ1v) is 5.59. The molecule has 2 N–H and O–H groups in total. The van der Waals surface area contributed by atoms with Gasteiger partial charge in [-0.15, -0.1) is 0 Å². The minimum absolute atomic E-state index is 0.262. The van der Waals surface area contributed by atoms with Crippen molar-refractivity contribution < 1.29 is 15.0 Å². The summed E-state index contributed by atoms with van der Waals surface area (Å²) in [6.07, 6.45) is 7.62. The number of aliphatic carboxylic acids is 1. The number of aliphatic hydroxyl groups excluding tert-OH is 1. The van der Waals surface area contributed by atoms with E-state index < -0.39 is 5.97 Å². The summed E-state index contributed by atoms with van der Waals surface area (Å²) in [5.41, 5.74) is 0. The largest absolute Gasteiger partial charge is 0.481 e. The lowest BCUT2D eigenvalue weighted by Gasteiger charge is -2.10. The summed E-state index contributed by atoms with van der Waals surface area (Å²) in [7, 11) is 0. The molecule has 0 amide bonds. The van der Waals surface area contributed by atoms with Crippen LogP contribution in [-0.4, -0.2) is 22.3 Å². The second-order valence-corrected chi connectivity index (χ2v) is 4.06. The van der Waals surface area contributed by atoms with Gasteiger partial charge in [-0.25, -0.2) is 0 Å². The molecule has 15 heavy (non-hydrogen) atoms. The molecule has 0 aliphatic heterocycles. The van der Waals surface area contributed by atoms with E-state index in [1.54, 1.807) is 6.92 Å². The minimum atomic E-state index is -0.721. The summed E-state index contributed by atoms with van der Waals surface area (Å²) in [5.74, 6) is -0.429. The van der Waals surface area contributed by atoms with Gasteiger partial charge in [0.05, 0.1) is 6.10 Å². The molecule has 88 valence electrons. The fraction of sp³-hybridized carbons (Fsp3) is 0.750. The molecule has 0 radical (unpaired) electrons. The Morgan fingerprint density at radius 1 is 1.27 bits per heavy atom. The zero-order valence-electron chi connectivity index (χ0n) is 9.65. The molecular formula is C12H22O3. The summed E-state index contributed by atoms with van der Waals surface area (Å²) in [4.78, 5) is 10.2. The van der Waals surface area contributed by atoms with Crippen molar-refractivity contribution in [3.63, 3.8) is 0 Å². The highest BCUT2D eigenvalue weighted by Gasteiger charge is 2.05. The third-order valence-corrected chi connectivity index (χ3v) is 2.51. The molecule has 0 fully saturated rings. The molecule has 0 aromatic heterocycles. The normalized spacial score (nSPS) is 15.4. The Morgan fingerprint density at radius 2 is 1.93 bits per heavy atom. The van der Waals surface area contributed by atoms with Gasteiger partial charge in [0.15, 0.2) is 0 Å². The molecule has 0 aromatic carbocycles. The van der Waals surface area contributed by atoms with Gasteiger partial charge in [-0.05, 0) is 38.5 Å². The van der Waals surface area contributed by atoms with Gasteiger partial charge in [0.25, 0.3) is 0 Å². The fourth-order valence-corrected chi connectivity index (χ4v) is 1.16. The van der Waals surface area contributed by atoms with Crippen molar-refractivity contribution >= 4 is 5.97 Å². The molecule has 0 rings (SSSR count). The second kappa shape index (κ2) is 8.48. The number of hydrogen-bond donors (Lipinski definition) is 2. The molecule has 0 heterocycles. The van der Waals surface area contributed by atoms with E-state index in [4.69, 9.17) is 5.11 Å². The average Bonchev–Trinajstić information content (AvgIpc) is 2.15. The second-order valence-electron chi connectivity index (χ2n) is 4.06. The summed E-state index contributed by atoms with van der Waals surface area (Å²) >= 11 is 0. The molecule has 2 atom stereocenters. The predicted octanol–water partition coefficient (Wildman–Crippen LogP) is 2.59. The molecule has 0 bridgehead atoms. The molecule has 3 nitrogen and oxygen atoms in total. The van der Waals surface area contributed by atoms with Crippen LogP contribution in [0.1, 0.15) is 46.0 Å². The minimum Gasteiger partial charge on any atom is -0.481 e. The van der Waals surface area contributed by atoms with Crippen LogP contribution in [0, 0.1) is 5.92 Å². The Bertz CT molecular complexity index is 197. The zero-order chi connectivity index (χ0) is 11.7. The Kier molecular flexibility index (Phi) is 8.01. The van der Waals surface area contributed by atoms with Gasteiger partial charge in [0.1, 0.15) is 0 Å². The van der Waals surface area contributed by atoms with Crippen molar-refractivity contribution in [3.05, 3.63) is 12.2 Å². The number of rotatable bonds is 8. The SMILES string of the molecule is C[C@H](O)[C@H](C)C/C=C/CCCCC(=O)O. The summed E-state index contributed by atoms with van der Waals surface area (Å²) in [6, 6.07) is 0. The number of carbonyl (C=O) groups is 1. The molecule has 3 heteroatoms. The lowest BCUT2D eigenvalue weighted by molar-refractivity contribution is -0.137. The van der Waals surface area contributed by atoms with Crippen LogP contribution in [0.5, 0.6) is 0 Å². The molecule has 0 saturated heterocycles. The van der Waals surface area contributed by atoms with Crippen molar-refractivity contribution in [2.24, 2.45) is 5.92 Å². The highest BCUT2D eigenvalue weighted by Crippen LogP contribution is 2.09. The van der Waals surface area contributed by atoms with E-state index in [2.05, 4.69) is 12.2 Å². The van der Waals surface area contributed by atoms with Crippen LogP contribution in [-0.2, 0) is 4.79 Å². The zero-order valence-corrected chi connectivity index (χ0v) is 9.65. The maximum Gasteiger partial charge on any atom is 0.303 e. The van der Waals surface area contributed by atoms with E-state index in [1.165, 1.54) is 0 Å². The molecular weight excluding hydrogens is 192 g/mol. The highest BCUT2D eigenvalue weighted by atomic mass is 16.4. The maximum absolute atomic E-state index is 10.2. The Morgan fingerprint density at radius 3 is 2.47 bits per heavy atom. The quantitative estimate of drug-likeness (QED) is 0.482. The lowest BCUT2D eigenvalue weighted by Crippen LogP contribution is -2.11. The molecule has 0 spiro atoms. The van der Waals surface area contributed by atoms with Crippen LogP contribution in [0.3, 0.4) is 0 Å². The van der Waals surface area contributed by atoms with E-state index >= 15 is 0 Å². The Balaban J connectivity index is 3.35. The van der Waals surface area contributed by atoms with Crippen LogP contribution < -0.4 is 0 Å². The van der Waals surface area contributed by atoms with Gasteiger partial charge >= 0.3 is 5.97 Å². The molecule has 0 aliphatic carbocycles. The molecule has 0 aromatic rings. The smallest absolute Gasteiger partial charge is 0.303 e. The van der Waals surface area contributed by atoms with E-state index in [-0.39, 0.29) is 12.5 Å². The van der Waals surface area contributed by atoms with Crippen LogP contribution in [0.4, 0.5) is 0 Å². The van der Waals surface area contributed by atoms with Gasteiger partial charge in [0.2, 0.25) is 0 Å². The number of aliphatic hydroxyl groups is 1. The van der Waals surface area contributed by atoms with Crippen LogP contribution in [0.25, 0.3) is 0 Å². The Labute approximate surface area is 91.8 Å². The van der Waals surface area contributed by atoms with E-state index in [0.717, 1.165) is 25.7 Å². The number of unbranched alkanes of at least 4 members (excludes halogenated alkanes) is 2. The van der Waals surface area contributed by atoms with E-state index in [9.17, 15) is 9.90 Å². The topological polar surface area (TPSA) is 57.5 Å². The van der Waals surface area contributed by atoms with Gasteiger partial charge < -0.3 is 10.2 Å². The molecule has 0 saturated carbocycles. The highest BCUT2D eigenvalue weighted by molar-refractivity contribution is 5.66. The summed E-state index contributed by atoms with van der Waals surface area (Å²) in [6.45, 7) is 3.81. The van der Waals surface area contributed by atoms with Crippen molar-refractivity contribution in [2.45, 2.75) is 52.1 Å². The first-order chi connectivity index (χ1) is 7.04. The van der Waals surface area contributed by atoms with Crippen molar-refractivity contribution in [1.29, 1.82) is 0 Å². The van der Waals surface area contributed by atoms with Gasteiger partial charge in [-0.2, -0.15) is 0 Å². The maximum atomic E-state index is 10.2. The third-order valence-electron chi connectivity index (χ3n) is 2.51. The van der Waals surface area contributed by atoms with Gasteiger partial charge in [0, 0.05) is 6.42 Å². The van der Waals surface area contributed by atoms with Gasteiger partial charge in [-0.1, -0.05) is 19.1 Å². The molecule has 0 unspecified atom stereocenters. The number of carboxylic acids is 1. The van der Waals surface area contributed by atoms with E-state index in [0.29, 0.717) is 5.92 Å². The van der Waals surface area contributed by atoms with Crippen molar-refractivity contribution in [1.82, 2.24) is 0 Å². The number of carboxylic acid groups (broad SMARTS) is 1. The third kappa shape index (κ3) is 9.47. The van der Waals surface area contributed by atoms with Crippen molar-refractivity contribution in [3.8, 4) is 0 Å².